The predicted octanol–water partition coefficient (Wildman–Crippen LogP) is 2.70. The minimum absolute atomic E-state index is 0.123. The fraction of sp³-hybridized carbons (Fsp3) is 0.261. The lowest BCUT2D eigenvalue weighted by atomic mass is 10.1. The molecule has 0 saturated heterocycles. The number of aromatic amines is 1. The van der Waals surface area contributed by atoms with Gasteiger partial charge in [0.1, 0.15) is 11.3 Å². The van der Waals surface area contributed by atoms with E-state index in [0.717, 1.165) is 29.1 Å². The van der Waals surface area contributed by atoms with Gasteiger partial charge < -0.3 is 10.3 Å². The van der Waals surface area contributed by atoms with Crippen molar-refractivity contribution in [1.82, 2.24) is 24.6 Å². The van der Waals surface area contributed by atoms with Crippen molar-refractivity contribution in [2.45, 2.75) is 32.0 Å². The number of carbonyl (C=O) groups excluding carboxylic acids is 1. The third-order valence-corrected chi connectivity index (χ3v) is 5.59. The van der Waals surface area contributed by atoms with E-state index in [1.54, 1.807) is 24.4 Å². The molecule has 1 saturated carbocycles. The van der Waals surface area contributed by atoms with Gasteiger partial charge in [0, 0.05) is 42.6 Å². The molecule has 1 fully saturated rings. The van der Waals surface area contributed by atoms with Gasteiger partial charge in [0.25, 0.3) is 11.5 Å². The van der Waals surface area contributed by atoms with Crippen LogP contribution in [0.5, 0.6) is 0 Å². The number of fused-ring (bicyclic) bond motifs is 2. The molecule has 1 aromatic carbocycles. The van der Waals surface area contributed by atoms with E-state index < -0.39 is 0 Å². The van der Waals surface area contributed by atoms with E-state index in [-0.39, 0.29) is 17.2 Å². The monoisotopic (exact) mass is 401 g/mol. The standard InChI is InChI=1S/C23H23N5O2/c1-27(18-7-8-18)14-17-11-16-6-5-15(10-19(16)25-17)13-24-23(30)20-12-22(29)28-9-3-2-4-21(28)26-20/h2-6,9-12,18,25H,7-8,13-14H2,1H3,(H,24,30). The second-order valence-electron chi connectivity index (χ2n) is 7.95. The Hall–Kier alpha value is -3.45. The molecule has 4 aromatic rings. The quantitative estimate of drug-likeness (QED) is 0.520. The number of nitrogens with zero attached hydrogens (tertiary/aromatic N) is 3. The van der Waals surface area contributed by atoms with Crippen molar-refractivity contribution in [2.24, 2.45) is 0 Å². The van der Waals surface area contributed by atoms with Gasteiger partial charge in [0.15, 0.2) is 0 Å². The van der Waals surface area contributed by atoms with Crippen LogP contribution >= 0.6 is 0 Å². The zero-order valence-corrected chi connectivity index (χ0v) is 16.8. The lowest BCUT2D eigenvalue weighted by Crippen LogP contribution is -2.26. The number of rotatable bonds is 6. The van der Waals surface area contributed by atoms with Crippen molar-refractivity contribution in [3.63, 3.8) is 0 Å². The first-order valence-corrected chi connectivity index (χ1v) is 10.1. The third-order valence-electron chi connectivity index (χ3n) is 5.59. The summed E-state index contributed by atoms with van der Waals surface area (Å²) in [4.78, 5) is 34.9. The number of hydrogen-bond acceptors (Lipinski definition) is 4. The molecule has 152 valence electrons. The lowest BCUT2D eigenvalue weighted by molar-refractivity contribution is 0.0946. The number of hydrogen-bond donors (Lipinski definition) is 2. The topological polar surface area (TPSA) is 82.5 Å². The molecule has 30 heavy (non-hydrogen) atoms. The van der Waals surface area contributed by atoms with Crippen molar-refractivity contribution in [3.8, 4) is 0 Å². The molecule has 0 unspecified atom stereocenters. The number of nitrogens with one attached hydrogen (secondary N) is 2. The first-order valence-electron chi connectivity index (χ1n) is 10.1. The average molecular weight is 401 g/mol. The molecule has 7 heteroatoms. The first kappa shape index (κ1) is 18.6. The largest absolute Gasteiger partial charge is 0.357 e. The summed E-state index contributed by atoms with van der Waals surface area (Å²) in [6.07, 6.45) is 4.22. The van der Waals surface area contributed by atoms with Gasteiger partial charge in [-0.15, -0.1) is 0 Å². The van der Waals surface area contributed by atoms with E-state index in [0.29, 0.717) is 12.2 Å². The van der Waals surface area contributed by atoms with Crippen LogP contribution in [0.1, 0.15) is 34.6 Å². The van der Waals surface area contributed by atoms with Gasteiger partial charge in [-0.05, 0) is 55.1 Å². The van der Waals surface area contributed by atoms with Crippen LogP contribution in [0.15, 0.2) is 59.5 Å². The van der Waals surface area contributed by atoms with E-state index in [1.807, 2.05) is 6.07 Å². The zero-order chi connectivity index (χ0) is 20.7. The van der Waals surface area contributed by atoms with Crippen molar-refractivity contribution in [1.29, 1.82) is 0 Å². The molecule has 0 aliphatic heterocycles. The van der Waals surface area contributed by atoms with E-state index >= 15 is 0 Å². The highest BCUT2D eigenvalue weighted by Gasteiger charge is 2.26. The molecule has 1 aliphatic rings. The second-order valence-corrected chi connectivity index (χ2v) is 7.95. The normalized spacial score (nSPS) is 13.9. The maximum Gasteiger partial charge on any atom is 0.270 e. The molecule has 3 aromatic heterocycles. The molecular weight excluding hydrogens is 378 g/mol. The summed E-state index contributed by atoms with van der Waals surface area (Å²) in [5.41, 5.74) is 3.54. The summed E-state index contributed by atoms with van der Waals surface area (Å²) in [5, 5.41) is 4.02. The number of H-pyrrole nitrogens is 1. The Labute approximate surface area is 173 Å². The van der Waals surface area contributed by atoms with Crippen LogP contribution in [0.4, 0.5) is 0 Å². The molecule has 1 aliphatic carbocycles. The van der Waals surface area contributed by atoms with E-state index in [9.17, 15) is 9.59 Å². The Morgan fingerprint density at radius 1 is 1.23 bits per heavy atom. The summed E-state index contributed by atoms with van der Waals surface area (Å²) in [7, 11) is 2.16. The molecular formula is C23H23N5O2. The number of amides is 1. The minimum atomic E-state index is -0.364. The van der Waals surface area contributed by atoms with Crippen molar-refractivity contribution >= 4 is 22.5 Å². The summed E-state index contributed by atoms with van der Waals surface area (Å²) in [6.45, 7) is 1.27. The number of benzene rings is 1. The fourth-order valence-corrected chi connectivity index (χ4v) is 3.79. The number of carbonyl (C=O) groups is 1. The van der Waals surface area contributed by atoms with Gasteiger partial charge in [0.05, 0.1) is 0 Å². The minimum Gasteiger partial charge on any atom is -0.357 e. The van der Waals surface area contributed by atoms with Crippen LogP contribution in [0.3, 0.4) is 0 Å². The first-order chi connectivity index (χ1) is 14.6. The van der Waals surface area contributed by atoms with Crippen LogP contribution < -0.4 is 10.9 Å². The molecule has 3 heterocycles. The highest BCUT2D eigenvalue weighted by Crippen LogP contribution is 2.27. The Balaban J connectivity index is 1.29. The maximum absolute atomic E-state index is 12.5. The summed E-state index contributed by atoms with van der Waals surface area (Å²) >= 11 is 0. The lowest BCUT2D eigenvalue weighted by Gasteiger charge is -2.13. The van der Waals surface area contributed by atoms with Crippen LogP contribution in [-0.2, 0) is 13.1 Å². The zero-order valence-electron chi connectivity index (χ0n) is 16.8. The Kier molecular flexibility index (Phi) is 4.59. The highest BCUT2D eigenvalue weighted by molar-refractivity contribution is 5.92. The van der Waals surface area contributed by atoms with Crippen LogP contribution in [0.25, 0.3) is 16.6 Å². The number of pyridine rings is 1. The average Bonchev–Trinajstić information content (AvgIpc) is 3.52. The Bertz CT molecular complexity index is 1300. The van der Waals surface area contributed by atoms with E-state index in [1.165, 1.54) is 29.0 Å². The molecule has 0 bridgehead atoms. The maximum atomic E-state index is 12.5. The van der Waals surface area contributed by atoms with E-state index in [2.05, 4.69) is 45.4 Å². The van der Waals surface area contributed by atoms with Gasteiger partial charge in [-0.3, -0.25) is 18.9 Å². The summed E-state index contributed by atoms with van der Waals surface area (Å²) in [5.74, 6) is -0.364. The van der Waals surface area contributed by atoms with Crippen LogP contribution in [-0.4, -0.2) is 38.3 Å². The second kappa shape index (κ2) is 7.42. The molecule has 1 amide bonds. The van der Waals surface area contributed by atoms with Crippen LogP contribution in [0, 0.1) is 0 Å². The molecule has 0 spiro atoms. The highest BCUT2D eigenvalue weighted by atomic mass is 16.2. The van der Waals surface area contributed by atoms with Gasteiger partial charge in [-0.25, -0.2) is 4.98 Å². The Morgan fingerprint density at radius 3 is 2.93 bits per heavy atom. The van der Waals surface area contributed by atoms with E-state index in [4.69, 9.17) is 0 Å². The summed E-state index contributed by atoms with van der Waals surface area (Å²) in [6, 6.07) is 15.5. The smallest absolute Gasteiger partial charge is 0.270 e. The van der Waals surface area contributed by atoms with Gasteiger partial charge in [0.2, 0.25) is 0 Å². The molecule has 0 atom stereocenters. The molecule has 2 N–H and O–H groups in total. The molecule has 7 nitrogen and oxygen atoms in total. The van der Waals surface area contributed by atoms with Gasteiger partial charge >= 0.3 is 0 Å². The molecule has 0 radical (unpaired) electrons. The summed E-state index contributed by atoms with van der Waals surface area (Å²) < 4.78 is 1.41. The van der Waals surface area contributed by atoms with Crippen molar-refractivity contribution in [3.05, 3.63) is 82.0 Å². The Morgan fingerprint density at radius 2 is 2.10 bits per heavy atom. The van der Waals surface area contributed by atoms with Crippen molar-refractivity contribution < 1.29 is 4.79 Å². The fourth-order valence-electron chi connectivity index (χ4n) is 3.79. The van der Waals surface area contributed by atoms with Gasteiger partial charge in [-0.1, -0.05) is 18.2 Å². The van der Waals surface area contributed by atoms with Gasteiger partial charge in [-0.2, -0.15) is 0 Å². The predicted molar refractivity (Wildman–Crippen MR) is 115 cm³/mol. The number of aromatic nitrogens is 3. The SMILES string of the molecule is CN(Cc1cc2ccc(CNC(=O)c3cc(=O)n4ccccc4n3)cc2[nH]1)C1CC1. The molecule has 5 rings (SSSR count). The third kappa shape index (κ3) is 3.71. The van der Waals surface area contributed by atoms with Crippen LogP contribution in [0.2, 0.25) is 0 Å². The van der Waals surface area contributed by atoms with Crippen molar-refractivity contribution in [2.75, 3.05) is 7.05 Å².